The molecule has 0 spiro atoms. The van der Waals surface area contributed by atoms with Crippen LogP contribution in [0.1, 0.15) is 20.3 Å². The summed E-state index contributed by atoms with van der Waals surface area (Å²) in [6.07, 6.45) is 1.70. The molecule has 18 heavy (non-hydrogen) atoms. The first-order chi connectivity index (χ1) is 8.56. The Morgan fingerprint density at radius 2 is 2.22 bits per heavy atom. The molecule has 0 fully saturated rings. The molecule has 0 unspecified atom stereocenters. The highest BCUT2D eigenvalue weighted by atomic mass is 16.4. The second-order valence-corrected chi connectivity index (χ2v) is 3.71. The molecule has 2 amide bonds. The molecule has 7 heteroatoms. The van der Waals surface area contributed by atoms with Gasteiger partial charge in [0.1, 0.15) is 0 Å². The molecule has 0 aliphatic heterocycles. The summed E-state index contributed by atoms with van der Waals surface area (Å²) in [5, 5.41) is 15.3. The SMILES string of the molecule is CCN(CCC(=O)O)C(=O)Nc1ccn(CC)n1. The van der Waals surface area contributed by atoms with Crippen molar-refractivity contribution in [2.45, 2.75) is 26.8 Å². The Morgan fingerprint density at radius 1 is 1.50 bits per heavy atom. The summed E-state index contributed by atoms with van der Waals surface area (Å²) in [6, 6.07) is 1.37. The van der Waals surface area contributed by atoms with E-state index in [0.29, 0.717) is 12.4 Å². The number of hydrogen-bond acceptors (Lipinski definition) is 3. The predicted molar refractivity (Wildman–Crippen MR) is 66.4 cm³/mol. The number of rotatable bonds is 6. The van der Waals surface area contributed by atoms with Crippen molar-refractivity contribution in [1.29, 1.82) is 0 Å². The van der Waals surface area contributed by atoms with Gasteiger partial charge in [-0.05, 0) is 13.8 Å². The Balaban J connectivity index is 2.53. The van der Waals surface area contributed by atoms with Crippen molar-refractivity contribution in [2.75, 3.05) is 18.4 Å². The van der Waals surface area contributed by atoms with Gasteiger partial charge in [0, 0.05) is 31.9 Å². The number of aliphatic carboxylic acids is 1. The van der Waals surface area contributed by atoms with Crippen LogP contribution in [0, 0.1) is 0 Å². The number of carboxylic acid groups (broad SMARTS) is 1. The van der Waals surface area contributed by atoms with E-state index in [1.807, 2.05) is 6.92 Å². The van der Waals surface area contributed by atoms with Gasteiger partial charge in [-0.25, -0.2) is 4.79 Å². The summed E-state index contributed by atoms with van der Waals surface area (Å²) in [5.41, 5.74) is 0. The van der Waals surface area contributed by atoms with Crippen LogP contribution >= 0.6 is 0 Å². The number of nitrogens with one attached hydrogen (secondary N) is 1. The average Bonchev–Trinajstić information content (AvgIpc) is 2.77. The van der Waals surface area contributed by atoms with Crippen LogP contribution in [0.5, 0.6) is 0 Å². The van der Waals surface area contributed by atoms with E-state index in [-0.39, 0.29) is 19.0 Å². The van der Waals surface area contributed by atoms with Gasteiger partial charge in [-0.1, -0.05) is 0 Å². The molecule has 0 aliphatic carbocycles. The molecule has 7 nitrogen and oxygen atoms in total. The second-order valence-electron chi connectivity index (χ2n) is 3.71. The minimum absolute atomic E-state index is 0.0648. The van der Waals surface area contributed by atoms with Crippen LogP contribution in [-0.2, 0) is 11.3 Å². The van der Waals surface area contributed by atoms with E-state index in [9.17, 15) is 9.59 Å². The van der Waals surface area contributed by atoms with Gasteiger partial charge in [-0.2, -0.15) is 5.10 Å². The van der Waals surface area contributed by atoms with Gasteiger partial charge in [-0.15, -0.1) is 0 Å². The zero-order chi connectivity index (χ0) is 13.5. The number of aromatic nitrogens is 2. The fourth-order valence-corrected chi connectivity index (χ4v) is 1.43. The lowest BCUT2D eigenvalue weighted by Gasteiger charge is -2.19. The molecule has 0 aromatic carbocycles. The van der Waals surface area contributed by atoms with Crippen LogP contribution < -0.4 is 5.32 Å². The van der Waals surface area contributed by atoms with E-state index in [0.717, 1.165) is 6.54 Å². The highest BCUT2D eigenvalue weighted by Crippen LogP contribution is 2.04. The molecule has 1 heterocycles. The largest absolute Gasteiger partial charge is 0.481 e. The molecule has 0 aliphatic rings. The maximum Gasteiger partial charge on any atom is 0.323 e. The summed E-state index contributed by atoms with van der Waals surface area (Å²) in [4.78, 5) is 23.7. The molecule has 0 bridgehead atoms. The first-order valence-electron chi connectivity index (χ1n) is 5.88. The number of hydrogen-bond donors (Lipinski definition) is 2. The van der Waals surface area contributed by atoms with E-state index in [2.05, 4.69) is 10.4 Å². The Kier molecular flexibility index (Phi) is 5.16. The minimum Gasteiger partial charge on any atom is -0.481 e. The van der Waals surface area contributed by atoms with Crippen molar-refractivity contribution in [3.63, 3.8) is 0 Å². The summed E-state index contributed by atoms with van der Waals surface area (Å²) in [5.74, 6) is -0.452. The lowest BCUT2D eigenvalue weighted by atomic mass is 10.4. The molecule has 1 aromatic heterocycles. The van der Waals surface area contributed by atoms with Gasteiger partial charge in [0.15, 0.2) is 5.82 Å². The number of urea groups is 1. The predicted octanol–water partition coefficient (Wildman–Crippen LogP) is 1.23. The maximum absolute atomic E-state index is 11.8. The molecule has 0 atom stereocenters. The van der Waals surface area contributed by atoms with Crippen LogP contribution in [0.3, 0.4) is 0 Å². The van der Waals surface area contributed by atoms with Crippen LogP contribution in [0.15, 0.2) is 12.3 Å². The van der Waals surface area contributed by atoms with Crippen LogP contribution in [0.25, 0.3) is 0 Å². The monoisotopic (exact) mass is 254 g/mol. The van der Waals surface area contributed by atoms with E-state index >= 15 is 0 Å². The molecular formula is C11H18N4O3. The van der Waals surface area contributed by atoms with Gasteiger partial charge < -0.3 is 10.0 Å². The van der Waals surface area contributed by atoms with Crippen molar-refractivity contribution < 1.29 is 14.7 Å². The number of carboxylic acids is 1. The topological polar surface area (TPSA) is 87.5 Å². The van der Waals surface area contributed by atoms with Crippen molar-refractivity contribution >= 4 is 17.8 Å². The summed E-state index contributed by atoms with van der Waals surface area (Å²) in [6.45, 7) is 5.11. The van der Waals surface area contributed by atoms with Crippen molar-refractivity contribution in [2.24, 2.45) is 0 Å². The standard InChI is InChI=1S/C11H18N4O3/c1-3-14(7-6-10(16)17)11(18)12-9-5-8-15(4-2)13-9/h5,8H,3-4,6-7H2,1-2H3,(H,16,17)(H,12,13,18). The van der Waals surface area contributed by atoms with Gasteiger partial charge in [-0.3, -0.25) is 14.8 Å². The van der Waals surface area contributed by atoms with Crippen LogP contribution in [0.4, 0.5) is 10.6 Å². The Morgan fingerprint density at radius 3 is 2.72 bits per heavy atom. The molecule has 2 N–H and O–H groups in total. The summed E-state index contributed by atoms with van der Waals surface area (Å²) in [7, 11) is 0. The third-order valence-corrected chi connectivity index (χ3v) is 2.46. The fraction of sp³-hybridized carbons (Fsp3) is 0.545. The number of amides is 2. The van der Waals surface area contributed by atoms with Gasteiger partial charge >= 0.3 is 12.0 Å². The molecule has 1 rings (SSSR count). The van der Waals surface area contributed by atoms with Gasteiger partial charge in [0.05, 0.1) is 6.42 Å². The lowest BCUT2D eigenvalue weighted by Crippen LogP contribution is -2.36. The zero-order valence-electron chi connectivity index (χ0n) is 10.6. The molecule has 1 aromatic rings. The maximum atomic E-state index is 11.8. The third-order valence-electron chi connectivity index (χ3n) is 2.46. The van der Waals surface area contributed by atoms with E-state index < -0.39 is 5.97 Å². The van der Waals surface area contributed by atoms with Crippen molar-refractivity contribution in [3.05, 3.63) is 12.3 Å². The highest BCUT2D eigenvalue weighted by molar-refractivity contribution is 5.88. The zero-order valence-corrected chi connectivity index (χ0v) is 10.6. The molecule has 0 radical (unpaired) electrons. The minimum atomic E-state index is -0.920. The Hall–Kier alpha value is -2.05. The average molecular weight is 254 g/mol. The lowest BCUT2D eigenvalue weighted by molar-refractivity contribution is -0.137. The van der Waals surface area contributed by atoms with E-state index in [4.69, 9.17) is 5.11 Å². The number of carbonyl (C=O) groups excluding carboxylic acids is 1. The third kappa shape index (κ3) is 4.08. The number of nitrogens with zero attached hydrogens (tertiary/aromatic N) is 3. The van der Waals surface area contributed by atoms with E-state index in [1.54, 1.807) is 23.9 Å². The first-order valence-corrected chi connectivity index (χ1v) is 5.88. The summed E-state index contributed by atoms with van der Waals surface area (Å²) < 4.78 is 1.70. The smallest absolute Gasteiger partial charge is 0.323 e. The molecule has 0 saturated heterocycles. The van der Waals surface area contributed by atoms with Crippen LogP contribution in [0.2, 0.25) is 0 Å². The first kappa shape index (κ1) is 14.0. The van der Waals surface area contributed by atoms with Gasteiger partial charge in [0.25, 0.3) is 0 Å². The number of aryl methyl sites for hydroxylation is 1. The van der Waals surface area contributed by atoms with Crippen molar-refractivity contribution in [3.8, 4) is 0 Å². The van der Waals surface area contributed by atoms with Crippen LogP contribution in [-0.4, -0.2) is 44.9 Å². The summed E-state index contributed by atoms with van der Waals surface area (Å²) >= 11 is 0. The number of anilines is 1. The Labute approximate surface area is 105 Å². The molecular weight excluding hydrogens is 236 g/mol. The Bertz CT molecular complexity index is 416. The molecule has 0 saturated carbocycles. The normalized spacial score (nSPS) is 10.1. The van der Waals surface area contributed by atoms with Crippen molar-refractivity contribution in [1.82, 2.24) is 14.7 Å². The highest BCUT2D eigenvalue weighted by Gasteiger charge is 2.13. The van der Waals surface area contributed by atoms with Gasteiger partial charge in [0.2, 0.25) is 0 Å². The fourth-order valence-electron chi connectivity index (χ4n) is 1.43. The van der Waals surface area contributed by atoms with E-state index in [1.165, 1.54) is 4.90 Å². The quantitative estimate of drug-likeness (QED) is 0.799. The number of carbonyl (C=O) groups is 2. The molecule has 100 valence electrons. The second kappa shape index (κ2) is 6.63.